The Morgan fingerprint density at radius 2 is 2.23 bits per heavy atom. The van der Waals surface area contributed by atoms with Gasteiger partial charge in [0.05, 0.1) is 6.04 Å². The molecule has 0 aliphatic carbocycles. The van der Waals surface area contributed by atoms with Crippen LogP contribution in [0.25, 0.3) is 0 Å². The molecule has 0 spiro atoms. The Kier molecular flexibility index (Phi) is 4.33. The van der Waals surface area contributed by atoms with E-state index in [1.165, 1.54) is 0 Å². The molecule has 0 saturated carbocycles. The van der Waals surface area contributed by atoms with E-state index >= 15 is 0 Å². The van der Waals surface area contributed by atoms with Crippen molar-refractivity contribution >= 4 is 11.6 Å². The van der Waals surface area contributed by atoms with Gasteiger partial charge in [-0.15, -0.1) is 0 Å². The summed E-state index contributed by atoms with van der Waals surface area (Å²) in [4.78, 5) is 0. The first kappa shape index (κ1) is 10.6. The van der Waals surface area contributed by atoms with Gasteiger partial charge in [0.2, 0.25) is 0 Å². The van der Waals surface area contributed by atoms with E-state index in [0.29, 0.717) is 11.3 Å². The molecule has 0 saturated heterocycles. The fourth-order valence-corrected chi connectivity index (χ4v) is 1.43. The van der Waals surface area contributed by atoms with Crippen LogP contribution in [0.3, 0.4) is 0 Å². The molecule has 0 aliphatic rings. The van der Waals surface area contributed by atoms with Gasteiger partial charge in [-0.1, -0.05) is 13.8 Å². The maximum atomic E-state index is 5.70. The summed E-state index contributed by atoms with van der Waals surface area (Å²) in [7, 11) is 0. The van der Waals surface area contributed by atoms with Crippen molar-refractivity contribution in [2.24, 2.45) is 0 Å². The standard InChI is InChI=1S/C10H16ClNO/c1-3-7-12-8(4-2)9-5-6-10(11)13-9/h5-6,8,12H,3-4,7H2,1-2H3. The molecule has 0 amide bonds. The van der Waals surface area contributed by atoms with Crippen LogP contribution in [0.15, 0.2) is 16.5 Å². The fraction of sp³-hybridized carbons (Fsp3) is 0.600. The summed E-state index contributed by atoms with van der Waals surface area (Å²) in [5.41, 5.74) is 0. The Bertz CT molecular complexity index is 247. The molecule has 3 heteroatoms. The Hall–Kier alpha value is -0.470. The molecule has 1 heterocycles. The molecule has 1 aromatic rings. The molecule has 0 fully saturated rings. The van der Waals surface area contributed by atoms with E-state index in [-0.39, 0.29) is 0 Å². The zero-order valence-electron chi connectivity index (χ0n) is 8.14. The maximum absolute atomic E-state index is 5.70. The van der Waals surface area contributed by atoms with E-state index < -0.39 is 0 Å². The molecule has 0 radical (unpaired) electrons. The van der Waals surface area contributed by atoms with E-state index in [1.807, 2.05) is 6.07 Å². The average molecular weight is 202 g/mol. The first-order chi connectivity index (χ1) is 6.27. The highest BCUT2D eigenvalue weighted by Gasteiger charge is 2.11. The largest absolute Gasteiger partial charge is 0.448 e. The minimum atomic E-state index is 0.299. The normalized spacial score (nSPS) is 13.2. The van der Waals surface area contributed by atoms with Crippen molar-refractivity contribution in [3.05, 3.63) is 23.1 Å². The van der Waals surface area contributed by atoms with Gasteiger partial charge in [-0.3, -0.25) is 0 Å². The summed E-state index contributed by atoms with van der Waals surface area (Å²) in [5, 5.41) is 3.86. The number of nitrogens with one attached hydrogen (secondary N) is 1. The van der Waals surface area contributed by atoms with Gasteiger partial charge in [0, 0.05) is 0 Å². The minimum absolute atomic E-state index is 0.299. The first-order valence-electron chi connectivity index (χ1n) is 4.76. The van der Waals surface area contributed by atoms with Crippen LogP contribution in [0.1, 0.15) is 38.5 Å². The van der Waals surface area contributed by atoms with Crippen LogP contribution in [0.2, 0.25) is 5.22 Å². The quantitative estimate of drug-likeness (QED) is 0.790. The lowest BCUT2D eigenvalue weighted by molar-refractivity contribution is 0.406. The summed E-state index contributed by atoms with van der Waals surface area (Å²) in [6, 6.07) is 4.01. The van der Waals surface area contributed by atoms with Crippen molar-refractivity contribution < 1.29 is 4.42 Å². The van der Waals surface area contributed by atoms with Crippen molar-refractivity contribution in [1.29, 1.82) is 0 Å². The van der Waals surface area contributed by atoms with Crippen LogP contribution < -0.4 is 5.32 Å². The SMILES string of the molecule is CCCNC(CC)c1ccc(Cl)o1. The van der Waals surface area contributed by atoms with Crippen molar-refractivity contribution in [1.82, 2.24) is 5.32 Å². The smallest absolute Gasteiger partial charge is 0.193 e. The summed E-state index contributed by atoms with van der Waals surface area (Å²) in [6.07, 6.45) is 2.15. The highest BCUT2D eigenvalue weighted by Crippen LogP contribution is 2.21. The molecule has 0 bridgehead atoms. The number of hydrogen-bond donors (Lipinski definition) is 1. The highest BCUT2D eigenvalue weighted by atomic mass is 35.5. The molecular formula is C10H16ClNO. The van der Waals surface area contributed by atoms with Crippen molar-refractivity contribution in [2.75, 3.05) is 6.54 Å². The third-order valence-corrected chi connectivity index (χ3v) is 2.19. The molecule has 1 unspecified atom stereocenters. The number of halogens is 1. The summed E-state index contributed by atoms with van der Waals surface area (Å²) in [5.74, 6) is 0.931. The second-order valence-electron chi connectivity index (χ2n) is 3.06. The number of furan rings is 1. The molecule has 0 aromatic carbocycles. The fourth-order valence-electron chi connectivity index (χ4n) is 1.28. The van der Waals surface area contributed by atoms with Gasteiger partial charge >= 0.3 is 0 Å². The second-order valence-corrected chi connectivity index (χ2v) is 3.43. The predicted molar refractivity (Wildman–Crippen MR) is 55.0 cm³/mol. The highest BCUT2D eigenvalue weighted by molar-refractivity contribution is 6.28. The summed E-state index contributed by atoms with van der Waals surface area (Å²) >= 11 is 5.70. The van der Waals surface area contributed by atoms with Crippen molar-refractivity contribution in [3.8, 4) is 0 Å². The van der Waals surface area contributed by atoms with Gasteiger partial charge in [-0.05, 0) is 43.1 Å². The van der Waals surface area contributed by atoms with E-state index in [1.54, 1.807) is 6.07 Å². The number of hydrogen-bond acceptors (Lipinski definition) is 2. The van der Waals surface area contributed by atoms with Crippen LogP contribution in [0, 0.1) is 0 Å². The molecule has 2 nitrogen and oxygen atoms in total. The van der Waals surface area contributed by atoms with Crippen molar-refractivity contribution in [2.45, 2.75) is 32.7 Å². The zero-order valence-corrected chi connectivity index (χ0v) is 8.90. The molecule has 1 N–H and O–H groups in total. The van der Waals surface area contributed by atoms with Gasteiger partial charge in [0.1, 0.15) is 5.76 Å². The lowest BCUT2D eigenvalue weighted by Crippen LogP contribution is -2.20. The van der Waals surface area contributed by atoms with Crippen LogP contribution in [-0.4, -0.2) is 6.54 Å². The Balaban J connectivity index is 2.56. The van der Waals surface area contributed by atoms with Gasteiger partial charge < -0.3 is 9.73 Å². The van der Waals surface area contributed by atoms with E-state index in [9.17, 15) is 0 Å². The molecule has 74 valence electrons. The van der Waals surface area contributed by atoms with E-state index in [2.05, 4.69) is 19.2 Å². The molecule has 1 aromatic heterocycles. The average Bonchev–Trinajstić information content (AvgIpc) is 2.54. The monoisotopic (exact) mass is 201 g/mol. The van der Waals surface area contributed by atoms with Gasteiger partial charge in [-0.2, -0.15) is 0 Å². The maximum Gasteiger partial charge on any atom is 0.193 e. The molecular weight excluding hydrogens is 186 g/mol. The van der Waals surface area contributed by atoms with Crippen LogP contribution in [-0.2, 0) is 0 Å². The topological polar surface area (TPSA) is 25.2 Å². The Morgan fingerprint density at radius 1 is 1.46 bits per heavy atom. The van der Waals surface area contributed by atoms with Crippen LogP contribution in [0.5, 0.6) is 0 Å². The van der Waals surface area contributed by atoms with Crippen molar-refractivity contribution in [3.63, 3.8) is 0 Å². The number of rotatable bonds is 5. The van der Waals surface area contributed by atoms with E-state index in [0.717, 1.165) is 25.1 Å². The summed E-state index contributed by atoms with van der Waals surface area (Å²) < 4.78 is 5.34. The first-order valence-corrected chi connectivity index (χ1v) is 5.14. The van der Waals surface area contributed by atoms with Crippen LogP contribution in [0.4, 0.5) is 0 Å². The third-order valence-electron chi connectivity index (χ3n) is 1.99. The predicted octanol–water partition coefficient (Wildman–Crippen LogP) is 3.38. The zero-order chi connectivity index (χ0) is 9.68. The Labute approximate surface area is 84.3 Å². The minimum Gasteiger partial charge on any atom is -0.448 e. The Morgan fingerprint density at radius 3 is 2.69 bits per heavy atom. The second kappa shape index (κ2) is 5.30. The molecule has 0 aliphatic heterocycles. The molecule has 1 rings (SSSR count). The van der Waals surface area contributed by atoms with Gasteiger partial charge in [-0.25, -0.2) is 0 Å². The van der Waals surface area contributed by atoms with Gasteiger partial charge in [0.15, 0.2) is 5.22 Å². The third kappa shape index (κ3) is 3.05. The van der Waals surface area contributed by atoms with E-state index in [4.69, 9.17) is 16.0 Å². The van der Waals surface area contributed by atoms with Gasteiger partial charge in [0.25, 0.3) is 0 Å². The van der Waals surface area contributed by atoms with Crippen LogP contribution >= 0.6 is 11.6 Å². The molecule has 1 atom stereocenters. The summed E-state index contributed by atoms with van der Waals surface area (Å²) in [6.45, 7) is 5.29. The molecule has 13 heavy (non-hydrogen) atoms. The lowest BCUT2D eigenvalue weighted by atomic mass is 10.1. The lowest BCUT2D eigenvalue weighted by Gasteiger charge is -2.13.